The van der Waals surface area contributed by atoms with E-state index in [9.17, 15) is 4.79 Å². The molecule has 1 atom stereocenters. The Morgan fingerprint density at radius 1 is 1.22 bits per heavy atom. The van der Waals surface area contributed by atoms with Crippen molar-refractivity contribution in [3.8, 4) is 5.75 Å². The molecular weight excluding hydrogens is 422 g/mol. The van der Waals surface area contributed by atoms with Gasteiger partial charge in [0.25, 0.3) is 0 Å². The van der Waals surface area contributed by atoms with Gasteiger partial charge in [-0.3, -0.25) is 14.2 Å². The number of fused-ring (bicyclic) bond motifs is 1. The Kier molecular flexibility index (Phi) is 5.53. The predicted molar refractivity (Wildman–Crippen MR) is 126 cm³/mol. The van der Waals surface area contributed by atoms with Gasteiger partial charge in [-0.15, -0.1) is 11.3 Å². The third-order valence-corrected chi connectivity index (χ3v) is 6.56. The SMILES string of the molecule is COc1ccc(Nc2cc(C)nc([C@H]3CCN(C(=O)Cc4cn5ccsc5n4)C3)c2)cc1. The Hall–Kier alpha value is -3.39. The molecular formula is C24H25N5O2S. The molecule has 0 bridgehead atoms. The molecule has 0 unspecified atom stereocenters. The van der Waals surface area contributed by atoms with Gasteiger partial charge < -0.3 is 15.0 Å². The number of thiazole rings is 1. The third-order valence-electron chi connectivity index (χ3n) is 5.79. The van der Waals surface area contributed by atoms with Crippen molar-refractivity contribution in [1.29, 1.82) is 0 Å². The predicted octanol–water partition coefficient (Wildman–Crippen LogP) is 4.41. The highest BCUT2D eigenvalue weighted by Crippen LogP contribution is 2.30. The smallest absolute Gasteiger partial charge is 0.228 e. The van der Waals surface area contributed by atoms with Gasteiger partial charge in [0.05, 0.1) is 19.2 Å². The highest BCUT2D eigenvalue weighted by Gasteiger charge is 2.29. The molecule has 0 saturated carbocycles. The van der Waals surface area contributed by atoms with Crippen LogP contribution in [0.2, 0.25) is 0 Å². The van der Waals surface area contributed by atoms with Crippen molar-refractivity contribution in [2.45, 2.75) is 25.7 Å². The normalized spacial score (nSPS) is 15.9. The molecule has 5 rings (SSSR count). The maximum atomic E-state index is 12.9. The Bertz CT molecular complexity index is 1220. The van der Waals surface area contributed by atoms with Crippen molar-refractivity contribution >= 4 is 33.6 Å². The number of nitrogens with zero attached hydrogens (tertiary/aromatic N) is 4. The molecule has 0 aliphatic carbocycles. The van der Waals surface area contributed by atoms with Crippen molar-refractivity contribution in [1.82, 2.24) is 19.3 Å². The first-order valence-corrected chi connectivity index (χ1v) is 11.5. The maximum Gasteiger partial charge on any atom is 0.228 e. The maximum absolute atomic E-state index is 12.9. The summed E-state index contributed by atoms with van der Waals surface area (Å²) >= 11 is 1.58. The summed E-state index contributed by atoms with van der Waals surface area (Å²) in [6.07, 6.45) is 5.17. The van der Waals surface area contributed by atoms with E-state index >= 15 is 0 Å². The van der Waals surface area contributed by atoms with E-state index in [-0.39, 0.29) is 11.8 Å². The summed E-state index contributed by atoms with van der Waals surface area (Å²) in [4.78, 5) is 25.0. The number of aromatic nitrogens is 3. The number of methoxy groups -OCH3 is 1. The molecule has 1 saturated heterocycles. The number of pyridine rings is 1. The third kappa shape index (κ3) is 4.31. The van der Waals surface area contributed by atoms with E-state index in [0.717, 1.165) is 52.1 Å². The Balaban J connectivity index is 1.25. The first-order chi connectivity index (χ1) is 15.6. The van der Waals surface area contributed by atoms with Crippen molar-refractivity contribution in [3.05, 3.63) is 71.3 Å². The summed E-state index contributed by atoms with van der Waals surface area (Å²) in [5, 5.41) is 5.44. The van der Waals surface area contributed by atoms with Gasteiger partial charge in [0.1, 0.15) is 5.75 Å². The molecule has 1 aromatic carbocycles. The lowest BCUT2D eigenvalue weighted by molar-refractivity contribution is -0.129. The molecule has 4 heterocycles. The second-order valence-corrected chi connectivity index (χ2v) is 8.98. The van der Waals surface area contributed by atoms with Crippen LogP contribution in [0.15, 0.2) is 54.2 Å². The van der Waals surface area contributed by atoms with E-state index in [1.807, 2.05) is 64.3 Å². The number of imidazole rings is 1. The number of carbonyl (C=O) groups is 1. The van der Waals surface area contributed by atoms with E-state index < -0.39 is 0 Å². The summed E-state index contributed by atoms with van der Waals surface area (Å²) in [7, 11) is 1.66. The second-order valence-electron chi connectivity index (χ2n) is 8.10. The van der Waals surface area contributed by atoms with Crippen LogP contribution in [-0.4, -0.2) is 45.4 Å². The first-order valence-electron chi connectivity index (χ1n) is 10.7. The average Bonchev–Trinajstić information content (AvgIpc) is 3.50. The van der Waals surface area contributed by atoms with Crippen LogP contribution < -0.4 is 10.1 Å². The number of carbonyl (C=O) groups excluding carboxylic acids is 1. The van der Waals surface area contributed by atoms with Gasteiger partial charge in [-0.2, -0.15) is 0 Å². The van der Waals surface area contributed by atoms with Crippen LogP contribution in [0.25, 0.3) is 4.96 Å². The largest absolute Gasteiger partial charge is 0.497 e. The van der Waals surface area contributed by atoms with Crippen LogP contribution in [0, 0.1) is 6.92 Å². The van der Waals surface area contributed by atoms with Crippen molar-refractivity contribution in [2.75, 3.05) is 25.5 Å². The number of nitrogens with one attached hydrogen (secondary N) is 1. The van der Waals surface area contributed by atoms with Gasteiger partial charge in [-0.1, -0.05) is 0 Å². The Morgan fingerprint density at radius 3 is 2.84 bits per heavy atom. The number of hydrogen-bond acceptors (Lipinski definition) is 6. The fraction of sp³-hybridized carbons (Fsp3) is 0.292. The molecule has 8 heteroatoms. The molecule has 3 aromatic heterocycles. The number of aryl methyl sites for hydroxylation is 1. The van der Waals surface area contributed by atoms with Crippen LogP contribution in [-0.2, 0) is 11.2 Å². The van der Waals surface area contributed by atoms with Crippen molar-refractivity contribution in [3.63, 3.8) is 0 Å². The molecule has 4 aromatic rings. The number of ether oxygens (including phenoxy) is 1. The number of likely N-dealkylation sites (tertiary alicyclic amines) is 1. The highest BCUT2D eigenvalue weighted by molar-refractivity contribution is 7.15. The van der Waals surface area contributed by atoms with Gasteiger partial charge in [0.15, 0.2) is 4.96 Å². The van der Waals surface area contributed by atoms with Crippen LogP contribution in [0.4, 0.5) is 11.4 Å². The summed E-state index contributed by atoms with van der Waals surface area (Å²) in [6, 6.07) is 12.0. The number of rotatable bonds is 6. The standard InChI is InChI=1S/C24H25N5O2S/c1-16-11-19(26-18-3-5-21(31-2)6-4-18)12-22(25-16)17-7-8-28(14-17)23(30)13-20-15-29-9-10-32-24(29)27-20/h3-6,9-12,15,17H,7-8,13-14H2,1-2H3,(H,25,26)/t17-/m0/s1. The quantitative estimate of drug-likeness (QED) is 0.474. The number of hydrogen-bond donors (Lipinski definition) is 1. The fourth-order valence-electron chi connectivity index (χ4n) is 4.17. The molecule has 0 spiro atoms. The molecule has 1 amide bonds. The van der Waals surface area contributed by atoms with Gasteiger partial charge in [0.2, 0.25) is 5.91 Å². The molecule has 1 aliphatic heterocycles. The van der Waals surface area contributed by atoms with Crippen molar-refractivity contribution < 1.29 is 9.53 Å². The molecule has 32 heavy (non-hydrogen) atoms. The zero-order chi connectivity index (χ0) is 22.1. The van der Waals surface area contributed by atoms with Gasteiger partial charge >= 0.3 is 0 Å². The molecule has 7 nitrogen and oxygen atoms in total. The lowest BCUT2D eigenvalue weighted by Crippen LogP contribution is -2.30. The minimum Gasteiger partial charge on any atom is -0.497 e. The molecule has 164 valence electrons. The van der Waals surface area contributed by atoms with E-state index in [1.165, 1.54) is 0 Å². The number of anilines is 2. The van der Waals surface area contributed by atoms with Crippen LogP contribution in [0.3, 0.4) is 0 Å². The zero-order valence-electron chi connectivity index (χ0n) is 18.1. The molecule has 1 N–H and O–H groups in total. The van der Waals surface area contributed by atoms with E-state index in [4.69, 9.17) is 9.72 Å². The monoisotopic (exact) mass is 447 g/mol. The van der Waals surface area contributed by atoms with Gasteiger partial charge in [-0.05, 0) is 49.7 Å². The van der Waals surface area contributed by atoms with E-state index in [2.05, 4.69) is 16.4 Å². The van der Waals surface area contributed by atoms with E-state index in [0.29, 0.717) is 13.0 Å². The lowest BCUT2D eigenvalue weighted by Gasteiger charge is -2.17. The number of benzene rings is 1. The molecule has 0 radical (unpaired) electrons. The Morgan fingerprint density at radius 2 is 2.06 bits per heavy atom. The summed E-state index contributed by atoms with van der Waals surface area (Å²) in [6.45, 7) is 3.45. The van der Waals surface area contributed by atoms with Gasteiger partial charge in [-0.25, -0.2) is 4.98 Å². The van der Waals surface area contributed by atoms with Crippen LogP contribution in [0.1, 0.15) is 29.4 Å². The second kappa shape index (κ2) is 8.63. The lowest BCUT2D eigenvalue weighted by atomic mass is 10.0. The molecule has 1 aliphatic rings. The van der Waals surface area contributed by atoms with Crippen molar-refractivity contribution in [2.24, 2.45) is 0 Å². The van der Waals surface area contributed by atoms with Crippen LogP contribution >= 0.6 is 11.3 Å². The summed E-state index contributed by atoms with van der Waals surface area (Å²) < 4.78 is 7.19. The highest BCUT2D eigenvalue weighted by atomic mass is 32.1. The average molecular weight is 448 g/mol. The van der Waals surface area contributed by atoms with Gasteiger partial charge in [0, 0.05) is 59.5 Å². The Labute approximate surface area is 190 Å². The fourth-order valence-corrected chi connectivity index (χ4v) is 4.89. The first kappa shape index (κ1) is 20.5. The number of amides is 1. The summed E-state index contributed by atoms with van der Waals surface area (Å²) in [5.74, 6) is 1.19. The zero-order valence-corrected chi connectivity index (χ0v) is 18.9. The minimum atomic E-state index is 0.127. The molecule has 1 fully saturated rings. The topological polar surface area (TPSA) is 71.8 Å². The minimum absolute atomic E-state index is 0.127. The van der Waals surface area contributed by atoms with Crippen LogP contribution in [0.5, 0.6) is 5.75 Å². The summed E-state index contributed by atoms with van der Waals surface area (Å²) in [5.41, 5.74) is 4.80. The van der Waals surface area contributed by atoms with E-state index in [1.54, 1.807) is 18.4 Å².